The summed E-state index contributed by atoms with van der Waals surface area (Å²) in [5, 5.41) is 18.4. The van der Waals surface area contributed by atoms with Gasteiger partial charge in [-0.2, -0.15) is 4.98 Å². The molecule has 1 aliphatic rings. The number of alkyl halides is 3. The van der Waals surface area contributed by atoms with Gasteiger partial charge in [0.25, 0.3) is 0 Å². The molecular formula is C26H27F4N7O6. The molecule has 1 unspecified atom stereocenters. The number of carbonyl (C=O) groups is 2. The van der Waals surface area contributed by atoms with Crippen LogP contribution in [0, 0.1) is 5.82 Å². The van der Waals surface area contributed by atoms with Crippen LogP contribution in [0.3, 0.4) is 0 Å². The molecule has 0 spiro atoms. The van der Waals surface area contributed by atoms with Crippen molar-refractivity contribution in [3.63, 3.8) is 0 Å². The highest BCUT2D eigenvalue weighted by atomic mass is 19.4. The van der Waals surface area contributed by atoms with E-state index in [1.807, 2.05) is 0 Å². The Bertz CT molecular complexity index is 1490. The Labute approximate surface area is 241 Å². The maximum Gasteiger partial charge on any atom is 0.573 e. The van der Waals surface area contributed by atoms with Gasteiger partial charge in [-0.05, 0) is 57.9 Å². The summed E-state index contributed by atoms with van der Waals surface area (Å²) in [5.41, 5.74) is -0.180. The number of pyridine rings is 1. The summed E-state index contributed by atoms with van der Waals surface area (Å²) < 4.78 is 65.3. The van der Waals surface area contributed by atoms with Gasteiger partial charge < -0.3 is 29.3 Å². The number of halogens is 4. The van der Waals surface area contributed by atoms with Gasteiger partial charge in [-0.25, -0.2) is 19.0 Å². The molecule has 2 amide bonds. The zero-order valence-corrected chi connectivity index (χ0v) is 23.1. The Morgan fingerprint density at radius 1 is 1.19 bits per heavy atom. The zero-order chi connectivity index (χ0) is 31.4. The van der Waals surface area contributed by atoms with E-state index < -0.39 is 35.7 Å². The quantitative estimate of drug-likeness (QED) is 0.186. The van der Waals surface area contributed by atoms with Crippen molar-refractivity contribution >= 4 is 29.7 Å². The van der Waals surface area contributed by atoms with Crippen LogP contribution in [-0.2, 0) is 4.74 Å². The van der Waals surface area contributed by atoms with Gasteiger partial charge in [0.15, 0.2) is 11.6 Å². The molecule has 43 heavy (non-hydrogen) atoms. The predicted molar refractivity (Wildman–Crippen MR) is 142 cm³/mol. The number of aromatic nitrogens is 3. The van der Waals surface area contributed by atoms with Crippen molar-refractivity contribution in [3.8, 4) is 17.1 Å². The second-order valence-corrected chi connectivity index (χ2v) is 10.3. The molecule has 0 bridgehead atoms. The number of guanidine groups is 1. The number of nitrogens with zero attached hydrogens (tertiary/aromatic N) is 5. The minimum atomic E-state index is -5.02. The smallest absolute Gasteiger partial charge is 0.463 e. The summed E-state index contributed by atoms with van der Waals surface area (Å²) in [6.07, 6.45) is -4.67. The van der Waals surface area contributed by atoms with Gasteiger partial charge in [0.2, 0.25) is 17.7 Å². The molecule has 0 aliphatic carbocycles. The van der Waals surface area contributed by atoms with E-state index in [0.717, 1.165) is 12.1 Å². The first-order valence-corrected chi connectivity index (χ1v) is 12.8. The molecule has 17 heteroatoms. The topological polar surface area (TPSA) is 164 Å². The lowest BCUT2D eigenvalue weighted by Gasteiger charge is -2.33. The highest BCUT2D eigenvalue weighted by molar-refractivity contribution is 5.98. The fraction of sp³-hybridized carbons (Fsp3) is 0.385. The van der Waals surface area contributed by atoms with Crippen LogP contribution in [0.15, 0.2) is 46.0 Å². The fourth-order valence-corrected chi connectivity index (χ4v) is 4.09. The molecular weight excluding hydrogens is 582 g/mol. The number of carboxylic acid groups (broad SMARTS) is 1. The maximum absolute atomic E-state index is 14.0. The standard InChI is InChI=1S/C26H27F4N7O6/c1-25(2,3)42-24(40)35-22(34-23(38)39)37-10-4-5-15(13-37)21-33-20(36-43-21)14-6-9-19(31-12-14)32-16-7-8-18(17(27)11-16)41-26(28,29)30/h6-9,11-12,15H,4-5,10,13H2,1-3H3,(H,31,32)(H,38,39)(H,34,35,40). The number of nitrogens with one attached hydrogen (secondary N) is 2. The Kier molecular flexibility index (Phi) is 9.01. The van der Waals surface area contributed by atoms with Gasteiger partial charge in [0, 0.05) is 36.6 Å². The van der Waals surface area contributed by atoms with Crippen LogP contribution in [0.5, 0.6) is 5.75 Å². The largest absolute Gasteiger partial charge is 0.573 e. The number of carbonyl (C=O) groups excluding carboxylic acids is 1. The Hall–Kier alpha value is -4.96. The first-order chi connectivity index (χ1) is 20.1. The Morgan fingerprint density at radius 2 is 1.95 bits per heavy atom. The zero-order valence-electron chi connectivity index (χ0n) is 23.1. The van der Waals surface area contributed by atoms with Crippen molar-refractivity contribution in [3.05, 3.63) is 48.2 Å². The van der Waals surface area contributed by atoms with Gasteiger partial charge in [-0.3, -0.25) is 5.32 Å². The second-order valence-electron chi connectivity index (χ2n) is 10.3. The molecule has 3 N–H and O–H groups in total. The van der Waals surface area contributed by atoms with Gasteiger partial charge >= 0.3 is 18.5 Å². The van der Waals surface area contributed by atoms with E-state index in [9.17, 15) is 32.3 Å². The van der Waals surface area contributed by atoms with E-state index in [2.05, 4.69) is 35.5 Å². The molecule has 230 valence electrons. The van der Waals surface area contributed by atoms with Crippen molar-refractivity contribution in [1.82, 2.24) is 25.3 Å². The third kappa shape index (κ3) is 9.01. The van der Waals surface area contributed by atoms with Gasteiger partial charge in [-0.15, -0.1) is 18.2 Å². The van der Waals surface area contributed by atoms with Crippen LogP contribution in [0.1, 0.15) is 45.4 Å². The van der Waals surface area contributed by atoms with E-state index in [0.29, 0.717) is 24.9 Å². The molecule has 1 saturated heterocycles. The van der Waals surface area contributed by atoms with E-state index in [-0.39, 0.29) is 41.6 Å². The third-order valence-corrected chi connectivity index (χ3v) is 5.78. The van der Waals surface area contributed by atoms with Gasteiger partial charge in [-0.1, -0.05) is 5.16 Å². The Balaban J connectivity index is 1.41. The summed E-state index contributed by atoms with van der Waals surface area (Å²) in [6.45, 7) is 5.66. The molecule has 1 aromatic carbocycles. The molecule has 1 aliphatic heterocycles. The lowest BCUT2D eigenvalue weighted by Crippen LogP contribution is -2.49. The van der Waals surface area contributed by atoms with Crippen molar-refractivity contribution in [2.75, 3.05) is 18.4 Å². The van der Waals surface area contributed by atoms with Crippen LogP contribution in [0.25, 0.3) is 11.4 Å². The van der Waals surface area contributed by atoms with Crippen LogP contribution < -0.4 is 15.4 Å². The molecule has 0 radical (unpaired) electrons. The molecule has 13 nitrogen and oxygen atoms in total. The lowest BCUT2D eigenvalue weighted by molar-refractivity contribution is -0.275. The van der Waals surface area contributed by atoms with Crippen LogP contribution in [-0.4, -0.2) is 68.3 Å². The van der Waals surface area contributed by atoms with Crippen LogP contribution in [0.2, 0.25) is 0 Å². The van der Waals surface area contributed by atoms with Crippen molar-refractivity contribution in [1.29, 1.82) is 0 Å². The van der Waals surface area contributed by atoms with E-state index in [4.69, 9.17) is 9.26 Å². The molecule has 1 atom stereocenters. The monoisotopic (exact) mass is 609 g/mol. The number of alkyl carbamates (subject to hydrolysis) is 1. The minimum Gasteiger partial charge on any atom is -0.463 e. The number of ether oxygens (including phenoxy) is 2. The number of benzene rings is 1. The van der Waals surface area contributed by atoms with Crippen molar-refractivity contribution < 1.29 is 46.3 Å². The Morgan fingerprint density at radius 3 is 2.58 bits per heavy atom. The summed E-state index contributed by atoms with van der Waals surface area (Å²) in [5.74, 6) is -1.88. The number of likely N-dealkylation sites (tertiary alicyclic amines) is 1. The molecule has 0 saturated carbocycles. The summed E-state index contributed by atoms with van der Waals surface area (Å²) >= 11 is 0. The van der Waals surface area contributed by atoms with Gasteiger partial charge in [0.1, 0.15) is 11.4 Å². The van der Waals surface area contributed by atoms with Crippen molar-refractivity contribution in [2.24, 2.45) is 4.99 Å². The van der Waals surface area contributed by atoms with E-state index in [1.165, 1.54) is 18.3 Å². The number of rotatable bonds is 5. The average Bonchev–Trinajstić information content (AvgIpc) is 3.39. The summed E-state index contributed by atoms with van der Waals surface area (Å²) in [4.78, 5) is 37.3. The van der Waals surface area contributed by atoms with Gasteiger partial charge in [0.05, 0.1) is 5.92 Å². The predicted octanol–water partition coefficient (Wildman–Crippen LogP) is 5.65. The summed E-state index contributed by atoms with van der Waals surface area (Å²) in [7, 11) is 0. The first-order valence-electron chi connectivity index (χ1n) is 12.8. The number of aliphatic imine (C=N–C) groups is 1. The summed E-state index contributed by atoms with van der Waals surface area (Å²) in [6, 6.07) is 6.02. The molecule has 3 aromatic rings. The number of piperidine rings is 1. The average molecular weight is 610 g/mol. The number of hydrogen-bond acceptors (Lipinski definition) is 9. The van der Waals surface area contributed by atoms with E-state index in [1.54, 1.807) is 31.7 Å². The van der Waals surface area contributed by atoms with Crippen LogP contribution >= 0.6 is 0 Å². The third-order valence-electron chi connectivity index (χ3n) is 5.78. The molecule has 4 rings (SSSR count). The molecule has 3 heterocycles. The first kappa shape index (κ1) is 31.0. The second kappa shape index (κ2) is 12.5. The highest BCUT2D eigenvalue weighted by Gasteiger charge is 2.33. The van der Waals surface area contributed by atoms with Crippen LogP contribution in [0.4, 0.5) is 38.7 Å². The number of amides is 2. The lowest BCUT2D eigenvalue weighted by atomic mass is 9.98. The highest BCUT2D eigenvalue weighted by Crippen LogP contribution is 2.30. The van der Waals surface area contributed by atoms with E-state index >= 15 is 0 Å². The number of hydrogen-bond donors (Lipinski definition) is 3. The normalized spacial score (nSPS) is 16.0. The SMILES string of the molecule is CC(C)(C)OC(=O)NC(=NC(=O)O)N1CCCC(c2nc(-c3ccc(Nc4ccc(OC(F)(F)F)c(F)c4)nc3)no2)C1. The number of anilines is 2. The minimum absolute atomic E-state index is 0.142. The maximum atomic E-state index is 14.0. The van der Waals surface area contributed by atoms with Crippen molar-refractivity contribution in [2.45, 2.75) is 51.5 Å². The molecule has 2 aromatic heterocycles. The molecule has 1 fully saturated rings. The fourth-order valence-electron chi connectivity index (χ4n) is 4.09.